The molecule has 0 radical (unpaired) electrons. The van der Waals surface area contributed by atoms with Crippen LogP contribution in [0.25, 0.3) is 11.1 Å². The number of halogens is 1. The van der Waals surface area contributed by atoms with Crippen molar-refractivity contribution in [2.24, 2.45) is 0 Å². The summed E-state index contributed by atoms with van der Waals surface area (Å²) in [5.41, 5.74) is 1.87. The number of rotatable bonds is 4. The Morgan fingerprint density at radius 3 is 2.60 bits per heavy atom. The average Bonchev–Trinajstić information content (AvgIpc) is 3.07. The maximum absolute atomic E-state index is 12.2. The summed E-state index contributed by atoms with van der Waals surface area (Å²) in [6.07, 6.45) is 0.631. The molecule has 1 aliphatic heterocycles. The fourth-order valence-corrected chi connectivity index (χ4v) is 3.05. The summed E-state index contributed by atoms with van der Waals surface area (Å²) in [5.74, 6) is -0.218. The van der Waals surface area contributed by atoms with Gasteiger partial charge in [0.2, 0.25) is 0 Å². The van der Waals surface area contributed by atoms with Gasteiger partial charge in [-0.3, -0.25) is 4.79 Å². The summed E-state index contributed by atoms with van der Waals surface area (Å²) < 4.78 is 0. The molecule has 1 unspecified atom stereocenters. The second-order valence-electron chi connectivity index (χ2n) is 6.22. The molecule has 1 amide bonds. The first-order valence-corrected chi connectivity index (χ1v) is 8.40. The molecule has 1 atom stereocenters. The summed E-state index contributed by atoms with van der Waals surface area (Å²) in [7, 11) is 0. The number of β-amino-alcohol motifs (C(OH)–C–C–N with tert-alkyl or cyclic N) is 1. The number of nitrogens with zero attached hydrogens (tertiary/aromatic N) is 1. The Labute approximate surface area is 151 Å². The molecule has 0 aromatic heterocycles. The number of nitriles is 1. The first-order valence-electron chi connectivity index (χ1n) is 8.02. The molecule has 0 spiro atoms. The summed E-state index contributed by atoms with van der Waals surface area (Å²) in [6.45, 7) is 1.48. The zero-order valence-corrected chi connectivity index (χ0v) is 14.3. The molecule has 1 heterocycles. The second kappa shape index (κ2) is 7.24. The van der Waals surface area contributed by atoms with Crippen molar-refractivity contribution in [1.82, 2.24) is 10.6 Å². The standard InChI is InChI=1S/C19H18ClN3O2/c20-17-9-15(5-6-16(17)10-21)13-1-3-14(4-2-13)18(24)23-12-19(25)7-8-22-11-19/h1-6,9,22,25H,7-8,11-12H2,(H,23,24). The molecule has 0 bridgehead atoms. The fraction of sp³-hybridized carbons (Fsp3) is 0.263. The lowest BCUT2D eigenvalue weighted by Crippen LogP contribution is -2.44. The second-order valence-corrected chi connectivity index (χ2v) is 6.62. The number of benzene rings is 2. The van der Waals surface area contributed by atoms with Crippen LogP contribution in [0.2, 0.25) is 5.02 Å². The predicted molar refractivity (Wildman–Crippen MR) is 96.4 cm³/mol. The SMILES string of the molecule is N#Cc1ccc(-c2ccc(C(=O)NCC3(O)CCNC3)cc2)cc1Cl. The first-order chi connectivity index (χ1) is 12.0. The van der Waals surface area contributed by atoms with Gasteiger partial charge in [0.05, 0.1) is 16.2 Å². The van der Waals surface area contributed by atoms with Gasteiger partial charge in [-0.2, -0.15) is 5.26 Å². The molecule has 6 heteroatoms. The van der Waals surface area contributed by atoms with Crippen LogP contribution in [0.5, 0.6) is 0 Å². The Morgan fingerprint density at radius 1 is 1.28 bits per heavy atom. The van der Waals surface area contributed by atoms with Crippen molar-refractivity contribution in [1.29, 1.82) is 5.26 Å². The third kappa shape index (κ3) is 3.99. The molecular formula is C19H18ClN3O2. The molecule has 1 fully saturated rings. The van der Waals surface area contributed by atoms with Crippen molar-refractivity contribution < 1.29 is 9.90 Å². The molecule has 25 heavy (non-hydrogen) atoms. The van der Waals surface area contributed by atoms with Crippen LogP contribution in [0.1, 0.15) is 22.3 Å². The Hall–Kier alpha value is -2.39. The maximum atomic E-state index is 12.2. The first kappa shape index (κ1) is 17.4. The molecule has 3 rings (SSSR count). The molecule has 0 aliphatic carbocycles. The van der Waals surface area contributed by atoms with E-state index in [0.29, 0.717) is 29.1 Å². The number of aliphatic hydroxyl groups is 1. The van der Waals surface area contributed by atoms with Crippen molar-refractivity contribution in [3.63, 3.8) is 0 Å². The van der Waals surface area contributed by atoms with E-state index in [2.05, 4.69) is 10.6 Å². The van der Waals surface area contributed by atoms with E-state index in [1.807, 2.05) is 24.3 Å². The molecule has 0 saturated carbocycles. The Morgan fingerprint density at radius 2 is 2.00 bits per heavy atom. The van der Waals surface area contributed by atoms with Crippen LogP contribution < -0.4 is 10.6 Å². The van der Waals surface area contributed by atoms with Crippen LogP contribution in [0.15, 0.2) is 42.5 Å². The van der Waals surface area contributed by atoms with Crippen molar-refractivity contribution in [2.75, 3.05) is 19.6 Å². The van der Waals surface area contributed by atoms with Crippen LogP contribution in [0.3, 0.4) is 0 Å². The number of hydrogen-bond donors (Lipinski definition) is 3. The van der Waals surface area contributed by atoms with Gasteiger partial charge in [0.25, 0.3) is 5.91 Å². The molecule has 5 nitrogen and oxygen atoms in total. The molecule has 128 valence electrons. The molecule has 1 saturated heterocycles. The van der Waals surface area contributed by atoms with Gasteiger partial charge < -0.3 is 15.7 Å². The van der Waals surface area contributed by atoms with Crippen LogP contribution in [0.4, 0.5) is 0 Å². The highest BCUT2D eigenvalue weighted by Crippen LogP contribution is 2.25. The molecule has 2 aromatic rings. The fourth-order valence-electron chi connectivity index (χ4n) is 2.83. The Balaban J connectivity index is 1.68. The van der Waals surface area contributed by atoms with E-state index < -0.39 is 5.60 Å². The van der Waals surface area contributed by atoms with E-state index in [9.17, 15) is 9.90 Å². The van der Waals surface area contributed by atoms with Crippen molar-refractivity contribution in [3.05, 3.63) is 58.6 Å². The Kier molecular flexibility index (Phi) is 5.05. The van der Waals surface area contributed by atoms with E-state index in [-0.39, 0.29) is 12.5 Å². The Bertz CT molecular complexity index is 822. The van der Waals surface area contributed by atoms with Gasteiger partial charge in [0.15, 0.2) is 0 Å². The van der Waals surface area contributed by atoms with Crippen molar-refractivity contribution in [2.45, 2.75) is 12.0 Å². The highest BCUT2D eigenvalue weighted by atomic mass is 35.5. The van der Waals surface area contributed by atoms with Gasteiger partial charge in [-0.15, -0.1) is 0 Å². The summed E-state index contributed by atoms with van der Waals surface area (Å²) in [6, 6.07) is 14.4. The molecule has 3 N–H and O–H groups in total. The number of amides is 1. The van der Waals surface area contributed by atoms with Crippen molar-refractivity contribution >= 4 is 17.5 Å². The molecule has 2 aromatic carbocycles. The average molecular weight is 356 g/mol. The van der Waals surface area contributed by atoms with Crippen LogP contribution in [-0.2, 0) is 0 Å². The third-order valence-electron chi connectivity index (χ3n) is 4.37. The van der Waals surface area contributed by atoms with E-state index >= 15 is 0 Å². The smallest absolute Gasteiger partial charge is 0.251 e. The van der Waals surface area contributed by atoms with Gasteiger partial charge in [-0.25, -0.2) is 0 Å². The molecule has 1 aliphatic rings. The van der Waals surface area contributed by atoms with E-state index in [1.54, 1.807) is 24.3 Å². The van der Waals surface area contributed by atoms with Crippen LogP contribution >= 0.6 is 11.6 Å². The number of nitrogens with one attached hydrogen (secondary N) is 2. The topological polar surface area (TPSA) is 85.2 Å². The third-order valence-corrected chi connectivity index (χ3v) is 4.68. The maximum Gasteiger partial charge on any atom is 0.251 e. The van der Waals surface area contributed by atoms with E-state index in [0.717, 1.165) is 17.7 Å². The monoisotopic (exact) mass is 355 g/mol. The van der Waals surface area contributed by atoms with Crippen LogP contribution in [-0.4, -0.2) is 36.2 Å². The zero-order valence-electron chi connectivity index (χ0n) is 13.6. The number of carbonyl (C=O) groups is 1. The van der Waals surface area contributed by atoms with Gasteiger partial charge >= 0.3 is 0 Å². The van der Waals surface area contributed by atoms with Crippen LogP contribution in [0, 0.1) is 11.3 Å². The summed E-state index contributed by atoms with van der Waals surface area (Å²) in [4.78, 5) is 12.2. The van der Waals surface area contributed by atoms with Crippen molar-refractivity contribution in [3.8, 4) is 17.2 Å². The minimum absolute atomic E-state index is 0.218. The van der Waals surface area contributed by atoms with Gasteiger partial charge in [-0.1, -0.05) is 29.8 Å². The quantitative estimate of drug-likeness (QED) is 0.785. The summed E-state index contributed by atoms with van der Waals surface area (Å²) in [5, 5.41) is 25.4. The van der Waals surface area contributed by atoms with Gasteiger partial charge in [0, 0.05) is 18.7 Å². The minimum Gasteiger partial charge on any atom is -0.387 e. The number of carbonyl (C=O) groups excluding carboxylic acids is 1. The molecular weight excluding hydrogens is 338 g/mol. The van der Waals surface area contributed by atoms with Gasteiger partial charge in [0.1, 0.15) is 6.07 Å². The largest absolute Gasteiger partial charge is 0.387 e. The normalized spacial score (nSPS) is 19.4. The summed E-state index contributed by atoms with van der Waals surface area (Å²) >= 11 is 6.06. The van der Waals surface area contributed by atoms with E-state index in [4.69, 9.17) is 16.9 Å². The lowest BCUT2D eigenvalue weighted by Gasteiger charge is -2.21. The lowest BCUT2D eigenvalue weighted by atomic mass is 10.0. The minimum atomic E-state index is -0.866. The zero-order chi connectivity index (χ0) is 17.9. The number of hydrogen-bond acceptors (Lipinski definition) is 4. The lowest BCUT2D eigenvalue weighted by molar-refractivity contribution is 0.0562. The predicted octanol–water partition coefficient (Wildman–Crippen LogP) is 2.33. The highest BCUT2D eigenvalue weighted by molar-refractivity contribution is 6.32. The van der Waals surface area contributed by atoms with E-state index in [1.165, 1.54) is 0 Å². The van der Waals surface area contributed by atoms with Gasteiger partial charge in [-0.05, 0) is 48.4 Å². The highest BCUT2D eigenvalue weighted by Gasteiger charge is 2.31.